The molecule has 0 bridgehead atoms. The van der Waals surface area contributed by atoms with Gasteiger partial charge in [-0.25, -0.2) is 4.79 Å². The Hall–Kier alpha value is -2.11. The number of rotatable bonds is 5. The Balaban J connectivity index is 4.08. The molecule has 2 N–H and O–H groups in total. The fourth-order valence-electron chi connectivity index (χ4n) is 0.552. The van der Waals surface area contributed by atoms with Gasteiger partial charge in [0.2, 0.25) is 0 Å². The maximum absolute atomic E-state index is 10.3. The average Bonchev–Trinajstić information content (AvgIpc) is 2.09. The predicted molar refractivity (Wildman–Crippen MR) is 42.5 cm³/mol. The molecule has 70 valence electrons. The minimum Gasteiger partial charge on any atom is -0.446 e. The van der Waals surface area contributed by atoms with Crippen molar-refractivity contribution in [2.24, 2.45) is 16.0 Å². The maximum atomic E-state index is 10.3. The summed E-state index contributed by atoms with van der Waals surface area (Å²) < 4.78 is 4.46. The fourth-order valence-corrected chi connectivity index (χ4v) is 0.552. The topological polar surface area (TPSA) is 150 Å². The Labute approximate surface area is 72.7 Å². The molecule has 0 aromatic rings. The monoisotopic (exact) mass is 185 g/mol. The first kappa shape index (κ1) is 10.9. The molecule has 0 aromatic heterocycles. The Bertz CT molecular complexity index is 238. The molecule has 9 heteroatoms. The molecule has 0 unspecified atom stereocenters. The fraction of sp³-hybridized carbons (Fsp3) is 0.750. The highest BCUT2D eigenvalue weighted by Gasteiger charge is 2.09. The van der Waals surface area contributed by atoms with Gasteiger partial charge in [-0.2, -0.15) is 0 Å². The van der Waals surface area contributed by atoms with E-state index >= 15 is 0 Å². The number of carbonyl (C=O) groups excluding carboxylic acids is 1. The number of carbonyl (C=O) groups is 1. The molecule has 0 radical (unpaired) electrons. The van der Waals surface area contributed by atoms with Gasteiger partial charge in [0.1, 0.15) is 6.10 Å². The van der Waals surface area contributed by atoms with Gasteiger partial charge < -0.3 is 10.5 Å². The summed E-state index contributed by atoms with van der Waals surface area (Å²) in [4.78, 5) is 15.2. The van der Waals surface area contributed by atoms with Crippen molar-refractivity contribution in [2.75, 3.05) is 13.1 Å². The van der Waals surface area contributed by atoms with E-state index in [1.165, 1.54) is 0 Å². The first-order valence-corrected chi connectivity index (χ1v) is 3.18. The molecule has 0 aliphatic carbocycles. The summed E-state index contributed by atoms with van der Waals surface area (Å²) in [5.41, 5.74) is 20.6. The molecule has 0 atom stereocenters. The summed E-state index contributed by atoms with van der Waals surface area (Å²) in [5.74, 6) is 0. The molecule has 0 aliphatic heterocycles. The van der Waals surface area contributed by atoms with E-state index in [0.717, 1.165) is 0 Å². The molecule has 0 aliphatic rings. The minimum absolute atomic E-state index is 0.113. The summed E-state index contributed by atoms with van der Waals surface area (Å²) >= 11 is 0. The van der Waals surface area contributed by atoms with E-state index in [-0.39, 0.29) is 13.1 Å². The quantitative estimate of drug-likeness (QED) is 0.387. The highest BCUT2D eigenvalue weighted by molar-refractivity contribution is 5.64. The van der Waals surface area contributed by atoms with Crippen LogP contribution in [-0.4, -0.2) is 25.3 Å². The van der Waals surface area contributed by atoms with Gasteiger partial charge in [0.15, 0.2) is 0 Å². The van der Waals surface area contributed by atoms with Crippen LogP contribution in [0.15, 0.2) is 10.2 Å². The van der Waals surface area contributed by atoms with Gasteiger partial charge in [-0.15, -0.1) is 0 Å². The molecular formula is C4H7N7O2. The van der Waals surface area contributed by atoms with Crippen molar-refractivity contribution >= 4 is 6.09 Å². The van der Waals surface area contributed by atoms with Crippen molar-refractivity contribution in [1.82, 2.24) is 0 Å². The van der Waals surface area contributed by atoms with Crippen molar-refractivity contribution < 1.29 is 9.53 Å². The zero-order chi connectivity index (χ0) is 10.1. The van der Waals surface area contributed by atoms with Crippen LogP contribution in [0.2, 0.25) is 0 Å². The summed E-state index contributed by atoms with van der Waals surface area (Å²) in [5, 5.41) is 6.29. The van der Waals surface area contributed by atoms with E-state index in [1.807, 2.05) is 0 Å². The second-order valence-corrected chi connectivity index (χ2v) is 1.89. The van der Waals surface area contributed by atoms with Gasteiger partial charge in [-0.3, -0.25) is 0 Å². The van der Waals surface area contributed by atoms with E-state index in [4.69, 9.17) is 16.8 Å². The van der Waals surface area contributed by atoms with Crippen LogP contribution >= 0.6 is 0 Å². The lowest BCUT2D eigenvalue weighted by Crippen LogP contribution is -2.27. The van der Waals surface area contributed by atoms with Crippen molar-refractivity contribution in [3.8, 4) is 0 Å². The van der Waals surface area contributed by atoms with Gasteiger partial charge in [0.05, 0.1) is 13.1 Å². The second kappa shape index (κ2) is 6.59. The smallest absolute Gasteiger partial charge is 0.404 e. The van der Waals surface area contributed by atoms with Crippen LogP contribution in [0, 0.1) is 0 Å². The Kier molecular flexibility index (Phi) is 5.52. The van der Waals surface area contributed by atoms with Crippen molar-refractivity contribution in [2.45, 2.75) is 6.10 Å². The first-order valence-electron chi connectivity index (χ1n) is 3.18. The molecule has 0 saturated carbocycles. The number of amides is 1. The summed E-state index contributed by atoms with van der Waals surface area (Å²) in [7, 11) is 0. The van der Waals surface area contributed by atoms with Crippen molar-refractivity contribution in [3.05, 3.63) is 20.9 Å². The highest BCUT2D eigenvalue weighted by Crippen LogP contribution is 1.95. The molecule has 0 aromatic carbocycles. The normalized spacial score (nSPS) is 10.5. The molecule has 1 amide bonds. The van der Waals surface area contributed by atoms with Crippen LogP contribution in [0.1, 0.15) is 0 Å². The molecular weight excluding hydrogens is 178 g/mol. The molecule has 0 heterocycles. The Morgan fingerprint density at radius 2 is 1.85 bits per heavy atom. The third-order valence-electron chi connectivity index (χ3n) is 0.980. The maximum Gasteiger partial charge on any atom is 0.404 e. The SMILES string of the molecule is [N-]=[N+]=NCC(CN=[N+]=[N-])OC(N)=O. The van der Waals surface area contributed by atoms with Crippen LogP contribution < -0.4 is 5.73 Å². The second-order valence-electron chi connectivity index (χ2n) is 1.89. The standard InChI is InChI=1S/C4H7N7O2/c5-4(12)13-3(1-8-10-6)2-9-11-7/h3H,1-2H2,(H2,5,12). The summed E-state index contributed by atoms with van der Waals surface area (Å²) in [6.45, 7) is -0.225. The highest BCUT2D eigenvalue weighted by atomic mass is 16.6. The van der Waals surface area contributed by atoms with Gasteiger partial charge in [-0.05, 0) is 11.1 Å². The Morgan fingerprint density at radius 3 is 2.15 bits per heavy atom. The van der Waals surface area contributed by atoms with Gasteiger partial charge in [0.25, 0.3) is 0 Å². The third kappa shape index (κ3) is 6.29. The number of ether oxygens (including phenoxy) is 1. The number of azide groups is 2. The van der Waals surface area contributed by atoms with Gasteiger partial charge in [0, 0.05) is 9.82 Å². The van der Waals surface area contributed by atoms with E-state index in [0.29, 0.717) is 0 Å². The molecule has 0 saturated heterocycles. The molecule has 9 nitrogen and oxygen atoms in total. The molecule has 0 fully saturated rings. The predicted octanol–water partition coefficient (Wildman–Crippen LogP) is 1.07. The van der Waals surface area contributed by atoms with E-state index in [2.05, 4.69) is 24.8 Å². The molecule has 0 spiro atoms. The molecule has 13 heavy (non-hydrogen) atoms. The average molecular weight is 185 g/mol. The van der Waals surface area contributed by atoms with Crippen molar-refractivity contribution in [1.29, 1.82) is 0 Å². The van der Waals surface area contributed by atoms with E-state index in [1.54, 1.807) is 0 Å². The van der Waals surface area contributed by atoms with Crippen LogP contribution in [0.5, 0.6) is 0 Å². The minimum atomic E-state index is -1.01. The van der Waals surface area contributed by atoms with Gasteiger partial charge >= 0.3 is 6.09 Å². The first-order chi connectivity index (χ1) is 6.20. The lowest BCUT2D eigenvalue weighted by molar-refractivity contribution is 0.115. The number of nitrogens with two attached hydrogens (primary N) is 1. The van der Waals surface area contributed by atoms with E-state index in [9.17, 15) is 4.79 Å². The third-order valence-corrected chi connectivity index (χ3v) is 0.980. The zero-order valence-electron chi connectivity index (χ0n) is 6.57. The number of nitrogens with zero attached hydrogens (tertiary/aromatic N) is 6. The van der Waals surface area contributed by atoms with E-state index < -0.39 is 12.2 Å². The lowest BCUT2D eigenvalue weighted by Gasteiger charge is -2.10. The number of hydrogen-bond donors (Lipinski definition) is 1. The molecule has 0 rings (SSSR count). The van der Waals surface area contributed by atoms with Crippen LogP contribution in [-0.2, 0) is 4.74 Å². The number of hydrogen-bond acceptors (Lipinski definition) is 4. The summed E-state index contributed by atoms with van der Waals surface area (Å²) in [6.07, 6.45) is -1.81. The number of primary amides is 1. The lowest BCUT2D eigenvalue weighted by atomic mass is 10.4. The van der Waals surface area contributed by atoms with Crippen LogP contribution in [0.25, 0.3) is 20.9 Å². The van der Waals surface area contributed by atoms with Crippen LogP contribution in [0.3, 0.4) is 0 Å². The van der Waals surface area contributed by atoms with Crippen LogP contribution in [0.4, 0.5) is 4.79 Å². The van der Waals surface area contributed by atoms with Gasteiger partial charge in [-0.1, -0.05) is 10.2 Å². The zero-order valence-corrected chi connectivity index (χ0v) is 6.57. The Morgan fingerprint density at radius 1 is 1.38 bits per heavy atom. The van der Waals surface area contributed by atoms with Crippen molar-refractivity contribution in [3.63, 3.8) is 0 Å². The summed E-state index contributed by atoms with van der Waals surface area (Å²) in [6, 6.07) is 0. The largest absolute Gasteiger partial charge is 0.446 e.